The third kappa shape index (κ3) is 3.63. The molecule has 0 aliphatic carbocycles. The Labute approximate surface area is 129 Å². The Morgan fingerprint density at radius 2 is 1.77 bits per heavy atom. The highest BCUT2D eigenvalue weighted by Gasteiger charge is 2.09. The maximum absolute atomic E-state index is 11.6. The van der Waals surface area contributed by atoms with E-state index in [4.69, 9.17) is 15.4 Å². The topological polar surface area (TPSA) is 70.8 Å². The molecule has 5 nitrogen and oxygen atoms in total. The van der Waals surface area contributed by atoms with Gasteiger partial charge in [-0.2, -0.15) is 0 Å². The molecule has 0 aliphatic rings. The van der Waals surface area contributed by atoms with Crippen molar-refractivity contribution in [2.45, 2.75) is 13.5 Å². The predicted molar refractivity (Wildman–Crippen MR) is 83.4 cm³/mol. The summed E-state index contributed by atoms with van der Waals surface area (Å²) in [7, 11) is 1.60. The number of hydrogen-bond donors (Lipinski definition) is 1. The van der Waals surface area contributed by atoms with Gasteiger partial charge in [0.15, 0.2) is 0 Å². The Balaban J connectivity index is 2.26. The van der Waals surface area contributed by atoms with Crippen LogP contribution in [0.1, 0.15) is 22.8 Å². The van der Waals surface area contributed by atoms with Crippen LogP contribution in [0.4, 0.5) is 0 Å². The fourth-order valence-electron chi connectivity index (χ4n) is 2.15. The zero-order valence-corrected chi connectivity index (χ0v) is 12.7. The van der Waals surface area contributed by atoms with Crippen molar-refractivity contribution in [3.05, 3.63) is 53.6 Å². The number of carbonyl (C=O) groups excluding carboxylic acids is 1. The summed E-state index contributed by atoms with van der Waals surface area (Å²) in [4.78, 5) is 16.3. The lowest BCUT2D eigenvalue weighted by Gasteiger charge is -2.10. The summed E-state index contributed by atoms with van der Waals surface area (Å²) in [5.41, 5.74) is 3.36. The number of nitrogens with two attached hydrogens (primary N) is 1. The van der Waals surface area contributed by atoms with E-state index < -0.39 is 0 Å². The van der Waals surface area contributed by atoms with Crippen molar-refractivity contribution >= 4 is 5.97 Å². The monoisotopic (exact) mass is 301 g/mol. The number of ether oxygens (including phenoxy) is 2. The summed E-state index contributed by atoms with van der Waals surface area (Å²) in [6.07, 6.45) is 0. The average molecular weight is 301 g/mol. The SMILES string of the molecule is CCOC(=O)c1ccc(-c2ccc(CON)c(OC)c2)cc1. The normalized spacial score (nSPS) is 10.3. The molecule has 0 atom stereocenters. The van der Waals surface area contributed by atoms with Crippen LogP contribution < -0.4 is 10.6 Å². The number of esters is 1. The Hall–Kier alpha value is -2.37. The molecule has 22 heavy (non-hydrogen) atoms. The van der Waals surface area contributed by atoms with Crippen LogP contribution in [0.15, 0.2) is 42.5 Å². The van der Waals surface area contributed by atoms with Crippen LogP contribution in [0, 0.1) is 0 Å². The second-order valence-corrected chi connectivity index (χ2v) is 4.64. The van der Waals surface area contributed by atoms with E-state index in [9.17, 15) is 4.79 Å². The summed E-state index contributed by atoms with van der Waals surface area (Å²) in [5.74, 6) is 5.49. The minimum atomic E-state index is -0.318. The van der Waals surface area contributed by atoms with Gasteiger partial charge >= 0.3 is 5.97 Å². The van der Waals surface area contributed by atoms with Crippen molar-refractivity contribution in [2.75, 3.05) is 13.7 Å². The van der Waals surface area contributed by atoms with E-state index in [2.05, 4.69) is 4.84 Å². The van der Waals surface area contributed by atoms with E-state index >= 15 is 0 Å². The van der Waals surface area contributed by atoms with Gasteiger partial charge in [0.1, 0.15) is 5.75 Å². The van der Waals surface area contributed by atoms with Gasteiger partial charge in [-0.25, -0.2) is 10.7 Å². The molecule has 0 saturated carbocycles. The summed E-state index contributed by atoms with van der Waals surface area (Å²) >= 11 is 0. The van der Waals surface area contributed by atoms with E-state index in [0.717, 1.165) is 16.7 Å². The lowest BCUT2D eigenvalue weighted by molar-refractivity contribution is 0.0526. The highest BCUT2D eigenvalue weighted by molar-refractivity contribution is 5.90. The van der Waals surface area contributed by atoms with Gasteiger partial charge in [0, 0.05) is 5.56 Å². The summed E-state index contributed by atoms with van der Waals surface area (Å²) in [5, 5.41) is 0. The van der Waals surface area contributed by atoms with Crippen molar-refractivity contribution in [2.24, 2.45) is 5.90 Å². The van der Waals surface area contributed by atoms with Gasteiger partial charge in [0.2, 0.25) is 0 Å². The quantitative estimate of drug-likeness (QED) is 0.656. The smallest absolute Gasteiger partial charge is 0.338 e. The molecule has 0 radical (unpaired) electrons. The van der Waals surface area contributed by atoms with E-state index in [0.29, 0.717) is 17.9 Å². The third-order valence-electron chi connectivity index (χ3n) is 3.26. The Morgan fingerprint density at radius 3 is 2.36 bits per heavy atom. The van der Waals surface area contributed by atoms with Crippen molar-refractivity contribution < 1.29 is 19.1 Å². The Bertz CT molecular complexity index is 638. The molecule has 0 fully saturated rings. The van der Waals surface area contributed by atoms with E-state index in [1.165, 1.54) is 0 Å². The highest BCUT2D eigenvalue weighted by atomic mass is 16.6. The minimum absolute atomic E-state index is 0.283. The first kappa shape index (κ1) is 16.0. The first-order valence-electron chi connectivity index (χ1n) is 6.95. The molecule has 0 amide bonds. The largest absolute Gasteiger partial charge is 0.496 e. The van der Waals surface area contributed by atoms with Crippen LogP contribution >= 0.6 is 0 Å². The fourth-order valence-corrected chi connectivity index (χ4v) is 2.15. The van der Waals surface area contributed by atoms with Gasteiger partial charge in [-0.05, 0) is 36.2 Å². The first-order chi connectivity index (χ1) is 10.7. The highest BCUT2D eigenvalue weighted by Crippen LogP contribution is 2.28. The number of benzene rings is 2. The van der Waals surface area contributed by atoms with Gasteiger partial charge in [-0.3, -0.25) is 4.84 Å². The third-order valence-corrected chi connectivity index (χ3v) is 3.26. The fraction of sp³-hybridized carbons (Fsp3) is 0.235. The van der Waals surface area contributed by atoms with Gasteiger partial charge in [0.25, 0.3) is 0 Å². The van der Waals surface area contributed by atoms with Crippen LogP contribution in [0.2, 0.25) is 0 Å². The molecule has 0 heterocycles. The lowest BCUT2D eigenvalue weighted by Crippen LogP contribution is -2.04. The molecule has 2 aromatic carbocycles. The molecular formula is C17H19NO4. The second kappa shape index (κ2) is 7.59. The Kier molecular flexibility index (Phi) is 5.52. The van der Waals surface area contributed by atoms with Gasteiger partial charge in [-0.15, -0.1) is 0 Å². The molecule has 0 bridgehead atoms. The molecule has 116 valence electrons. The second-order valence-electron chi connectivity index (χ2n) is 4.64. The standard InChI is InChI=1S/C17H19NO4/c1-3-21-17(19)13-6-4-12(5-7-13)14-8-9-15(11-22-18)16(10-14)20-2/h4-10H,3,11,18H2,1-2H3. The van der Waals surface area contributed by atoms with Crippen LogP contribution in [0.3, 0.4) is 0 Å². The number of hydrogen-bond acceptors (Lipinski definition) is 5. The van der Waals surface area contributed by atoms with Gasteiger partial charge in [-0.1, -0.05) is 24.3 Å². The predicted octanol–water partition coefficient (Wildman–Crippen LogP) is 2.93. The zero-order valence-electron chi connectivity index (χ0n) is 12.7. The molecule has 0 spiro atoms. The van der Waals surface area contributed by atoms with Crippen molar-refractivity contribution in [3.8, 4) is 16.9 Å². The van der Waals surface area contributed by atoms with E-state index in [-0.39, 0.29) is 12.6 Å². The van der Waals surface area contributed by atoms with Crippen LogP contribution in [-0.2, 0) is 16.2 Å². The summed E-state index contributed by atoms with van der Waals surface area (Å²) < 4.78 is 10.3. The van der Waals surface area contributed by atoms with Crippen molar-refractivity contribution in [1.82, 2.24) is 0 Å². The molecule has 0 aromatic heterocycles. The summed E-state index contributed by atoms with van der Waals surface area (Å²) in [6.45, 7) is 2.43. The Morgan fingerprint density at radius 1 is 1.09 bits per heavy atom. The van der Waals surface area contributed by atoms with Gasteiger partial charge in [0.05, 0.1) is 25.9 Å². The molecule has 0 saturated heterocycles. The zero-order chi connectivity index (χ0) is 15.9. The minimum Gasteiger partial charge on any atom is -0.496 e. The van der Waals surface area contributed by atoms with Crippen LogP contribution in [-0.4, -0.2) is 19.7 Å². The number of carbonyl (C=O) groups is 1. The molecular weight excluding hydrogens is 282 g/mol. The first-order valence-corrected chi connectivity index (χ1v) is 6.95. The lowest BCUT2D eigenvalue weighted by atomic mass is 10.0. The van der Waals surface area contributed by atoms with Crippen LogP contribution in [0.25, 0.3) is 11.1 Å². The maximum Gasteiger partial charge on any atom is 0.338 e. The summed E-state index contributed by atoms with van der Waals surface area (Å²) in [6, 6.07) is 13.0. The van der Waals surface area contributed by atoms with E-state index in [1.807, 2.05) is 30.3 Å². The van der Waals surface area contributed by atoms with Gasteiger partial charge < -0.3 is 9.47 Å². The van der Waals surface area contributed by atoms with Crippen molar-refractivity contribution in [3.63, 3.8) is 0 Å². The van der Waals surface area contributed by atoms with Crippen molar-refractivity contribution in [1.29, 1.82) is 0 Å². The van der Waals surface area contributed by atoms with E-state index in [1.54, 1.807) is 26.2 Å². The number of methoxy groups -OCH3 is 1. The molecule has 2 N–H and O–H groups in total. The maximum atomic E-state index is 11.6. The van der Waals surface area contributed by atoms with Crippen LogP contribution in [0.5, 0.6) is 5.75 Å². The molecule has 2 rings (SSSR count). The number of rotatable bonds is 6. The molecule has 0 unspecified atom stereocenters. The molecule has 5 heteroatoms. The average Bonchev–Trinajstić information content (AvgIpc) is 2.56. The molecule has 2 aromatic rings. The molecule has 0 aliphatic heterocycles.